The van der Waals surface area contributed by atoms with E-state index in [1.807, 2.05) is 37.3 Å². The number of benzene rings is 2. The molecule has 0 aromatic heterocycles. The Morgan fingerprint density at radius 2 is 1.77 bits per heavy atom. The van der Waals surface area contributed by atoms with Crippen LogP contribution < -0.4 is 20.1 Å². The second-order valence-corrected chi connectivity index (χ2v) is 8.11. The van der Waals surface area contributed by atoms with Crippen molar-refractivity contribution in [3.8, 4) is 11.5 Å². The maximum Gasteiger partial charge on any atom is 0.308 e. The molecule has 1 aliphatic rings. The number of rotatable bonds is 10. The van der Waals surface area contributed by atoms with Crippen molar-refractivity contribution in [3.63, 3.8) is 0 Å². The van der Waals surface area contributed by atoms with Crippen LogP contribution in [0.2, 0.25) is 0 Å². The molecule has 9 nitrogen and oxygen atoms in total. The van der Waals surface area contributed by atoms with E-state index < -0.39 is 17.9 Å². The highest BCUT2D eigenvalue weighted by molar-refractivity contribution is 7.80. The lowest BCUT2D eigenvalue weighted by molar-refractivity contribution is -0.147. The quantitative estimate of drug-likeness (QED) is 0.291. The minimum atomic E-state index is -0.847. The van der Waals surface area contributed by atoms with Crippen LogP contribution in [0.5, 0.6) is 11.5 Å². The molecule has 0 radical (unpaired) electrons. The maximum absolute atomic E-state index is 12.8. The standard InChI is InChI=1S/C25H29N3O6S/c1-2-13-34-22(29)17-21-24(31)26-11-12-28(21)25(35)27-23(30)18-7-6-10-20(16-18)33-15-14-32-19-8-4-3-5-9-19/h3-10,16,21H,2,11-15,17H2,1H3,(H,26,31)(H,27,30,35). The van der Waals surface area contributed by atoms with Gasteiger partial charge in [0.15, 0.2) is 5.11 Å². The SMILES string of the molecule is CCCOC(=O)CC1C(=O)NCCN1C(=S)NC(=O)c1cccc(OCCOc2ccccc2)c1. The van der Waals surface area contributed by atoms with Crippen molar-refractivity contribution in [1.29, 1.82) is 0 Å². The molecule has 1 unspecified atom stereocenters. The number of hydrogen-bond donors (Lipinski definition) is 2. The normalized spacial score (nSPS) is 15.1. The van der Waals surface area contributed by atoms with Crippen molar-refractivity contribution in [1.82, 2.24) is 15.5 Å². The Hall–Kier alpha value is -3.66. The van der Waals surface area contributed by atoms with Crippen LogP contribution in [-0.2, 0) is 14.3 Å². The number of amides is 2. The Labute approximate surface area is 209 Å². The van der Waals surface area contributed by atoms with E-state index in [1.54, 1.807) is 29.2 Å². The van der Waals surface area contributed by atoms with E-state index in [0.29, 0.717) is 44.0 Å². The van der Waals surface area contributed by atoms with E-state index >= 15 is 0 Å². The van der Waals surface area contributed by atoms with Crippen LogP contribution in [0.15, 0.2) is 54.6 Å². The molecule has 1 atom stereocenters. The van der Waals surface area contributed by atoms with Crippen molar-refractivity contribution in [2.75, 3.05) is 32.9 Å². The highest BCUT2D eigenvalue weighted by Gasteiger charge is 2.34. The molecule has 10 heteroatoms. The fraction of sp³-hybridized carbons (Fsp3) is 0.360. The smallest absolute Gasteiger partial charge is 0.308 e. The summed E-state index contributed by atoms with van der Waals surface area (Å²) in [6.45, 7) is 3.53. The van der Waals surface area contributed by atoms with Crippen molar-refractivity contribution in [2.45, 2.75) is 25.8 Å². The maximum atomic E-state index is 12.8. The third-order valence-corrected chi connectivity index (χ3v) is 5.44. The van der Waals surface area contributed by atoms with Crippen molar-refractivity contribution in [3.05, 3.63) is 60.2 Å². The number of carbonyl (C=O) groups is 3. The summed E-state index contributed by atoms with van der Waals surface area (Å²) >= 11 is 5.40. The number of thiocarbonyl (C=S) groups is 1. The number of nitrogens with one attached hydrogen (secondary N) is 2. The summed E-state index contributed by atoms with van der Waals surface area (Å²) in [6.07, 6.45) is 0.528. The first-order valence-corrected chi connectivity index (χ1v) is 11.8. The number of piperazine rings is 1. The van der Waals surface area contributed by atoms with Gasteiger partial charge in [-0.2, -0.15) is 0 Å². The fourth-order valence-corrected chi connectivity index (χ4v) is 3.71. The van der Waals surface area contributed by atoms with Crippen LogP contribution in [-0.4, -0.2) is 66.7 Å². The average Bonchev–Trinajstić information content (AvgIpc) is 2.87. The number of carbonyl (C=O) groups excluding carboxylic acids is 3. The van der Waals surface area contributed by atoms with Crippen LogP contribution in [0.25, 0.3) is 0 Å². The van der Waals surface area contributed by atoms with E-state index in [2.05, 4.69) is 10.6 Å². The van der Waals surface area contributed by atoms with Gasteiger partial charge in [-0.15, -0.1) is 0 Å². The minimum Gasteiger partial charge on any atom is -0.490 e. The average molecular weight is 500 g/mol. The van der Waals surface area contributed by atoms with Gasteiger partial charge in [0, 0.05) is 18.7 Å². The first-order chi connectivity index (χ1) is 17.0. The molecule has 2 aromatic carbocycles. The van der Waals surface area contributed by atoms with Gasteiger partial charge in [-0.3, -0.25) is 19.7 Å². The lowest BCUT2D eigenvalue weighted by Crippen LogP contribution is -2.60. The van der Waals surface area contributed by atoms with Crippen LogP contribution in [0, 0.1) is 0 Å². The number of esters is 1. The Balaban J connectivity index is 1.54. The molecule has 35 heavy (non-hydrogen) atoms. The summed E-state index contributed by atoms with van der Waals surface area (Å²) in [5, 5.41) is 5.44. The molecule has 1 heterocycles. The predicted octanol–water partition coefficient (Wildman–Crippen LogP) is 2.30. The zero-order valence-electron chi connectivity index (χ0n) is 19.5. The molecule has 186 valence electrons. The van der Waals surface area contributed by atoms with Crippen LogP contribution in [0.3, 0.4) is 0 Å². The number of ether oxygens (including phenoxy) is 3. The van der Waals surface area contributed by atoms with Crippen molar-refractivity contribution in [2.24, 2.45) is 0 Å². The van der Waals surface area contributed by atoms with Gasteiger partial charge in [-0.1, -0.05) is 31.2 Å². The summed E-state index contributed by atoms with van der Waals surface area (Å²) in [6, 6.07) is 15.2. The van der Waals surface area contributed by atoms with Gasteiger partial charge in [0.1, 0.15) is 30.8 Å². The van der Waals surface area contributed by atoms with E-state index in [4.69, 9.17) is 26.4 Å². The van der Waals surface area contributed by atoms with Crippen molar-refractivity contribution >= 4 is 35.1 Å². The molecule has 1 saturated heterocycles. The first kappa shape index (κ1) is 26.0. The van der Waals surface area contributed by atoms with E-state index in [0.717, 1.165) is 5.75 Å². The second-order valence-electron chi connectivity index (χ2n) is 7.72. The van der Waals surface area contributed by atoms with Gasteiger partial charge in [0.25, 0.3) is 5.91 Å². The van der Waals surface area contributed by atoms with Gasteiger partial charge in [-0.05, 0) is 49.0 Å². The zero-order valence-corrected chi connectivity index (χ0v) is 20.3. The molecule has 0 aliphatic carbocycles. The monoisotopic (exact) mass is 499 g/mol. The lowest BCUT2D eigenvalue weighted by Gasteiger charge is -2.36. The third kappa shape index (κ3) is 7.96. The largest absolute Gasteiger partial charge is 0.490 e. The highest BCUT2D eigenvalue weighted by atomic mass is 32.1. The third-order valence-electron chi connectivity index (χ3n) is 5.10. The van der Waals surface area contributed by atoms with Gasteiger partial charge < -0.3 is 24.4 Å². The number of para-hydroxylation sites is 1. The Kier molecular flexibility index (Phi) is 9.85. The fourth-order valence-electron chi connectivity index (χ4n) is 3.40. The van der Waals surface area contributed by atoms with Crippen LogP contribution in [0.4, 0.5) is 0 Å². The molecule has 2 amide bonds. The number of nitrogens with zero attached hydrogens (tertiary/aromatic N) is 1. The van der Waals surface area contributed by atoms with Gasteiger partial charge in [-0.25, -0.2) is 0 Å². The molecule has 1 fully saturated rings. The summed E-state index contributed by atoms with van der Waals surface area (Å²) in [5.41, 5.74) is 0.342. The summed E-state index contributed by atoms with van der Waals surface area (Å²) < 4.78 is 16.4. The molecule has 2 N–H and O–H groups in total. The molecule has 0 spiro atoms. The number of hydrogen-bond acceptors (Lipinski definition) is 7. The van der Waals surface area contributed by atoms with Gasteiger partial charge in [0.2, 0.25) is 5.91 Å². The Bertz CT molecular complexity index is 1030. The second kappa shape index (κ2) is 13.3. The van der Waals surface area contributed by atoms with Gasteiger partial charge in [0.05, 0.1) is 13.0 Å². The Morgan fingerprint density at radius 1 is 1.06 bits per heavy atom. The lowest BCUT2D eigenvalue weighted by atomic mass is 10.1. The summed E-state index contributed by atoms with van der Waals surface area (Å²) in [5.74, 6) is -0.0157. The predicted molar refractivity (Wildman–Crippen MR) is 133 cm³/mol. The molecule has 0 saturated carbocycles. The van der Waals surface area contributed by atoms with Crippen LogP contribution in [0.1, 0.15) is 30.1 Å². The molecule has 3 rings (SSSR count). The summed E-state index contributed by atoms with van der Waals surface area (Å²) in [4.78, 5) is 38.8. The van der Waals surface area contributed by atoms with E-state index in [-0.39, 0.29) is 24.0 Å². The highest BCUT2D eigenvalue weighted by Crippen LogP contribution is 2.15. The molecule has 0 bridgehead atoms. The Morgan fingerprint density at radius 3 is 2.51 bits per heavy atom. The molecule has 1 aliphatic heterocycles. The van der Waals surface area contributed by atoms with Gasteiger partial charge >= 0.3 is 5.97 Å². The molecule has 2 aromatic rings. The molecular formula is C25H29N3O6S. The van der Waals surface area contributed by atoms with Crippen LogP contribution >= 0.6 is 12.2 Å². The van der Waals surface area contributed by atoms with E-state index in [1.165, 1.54) is 0 Å². The van der Waals surface area contributed by atoms with E-state index in [9.17, 15) is 14.4 Å². The first-order valence-electron chi connectivity index (χ1n) is 11.4. The zero-order chi connectivity index (χ0) is 25.0. The topological polar surface area (TPSA) is 106 Å². The summed E-state index contributed by atoms with van der Waals surface area (Å²) in [7, 11) is 0. The molecular weight excluding hydrogens is 470 g/mol. The minimum absolute atomic E-state index is 0.0701. The van der Waals surface area contributed by atoms with Crippen molar-refractivity contribution < 1.29 is 28.6 Å².